The summed E-state index contributed by atoms with van der Waals surface area (Å²) in [4.78, 5) is 32.3. The number of nitrogens with one attached hydrogen (secondary N) is 2. The lowest BCUT2D eigenvalue weighted by Crippen LogP contribution is -2.13. The normalized spacial score (nSPS) is 10.1. The Morgan fingerprint density at radius 2 is 1.68 bits per heavy atom. The second kappa shape index (κ2) is 8.63. The van der Waals surface area contributed by atoms with Gasteiger partial charge >= 0.3 is 5.97 Å². The van der Waals surface area contributed by atoms with Crippen molar-refractivity contribution in [2.75, 3.05) is 24.9 Å². The lowest BCUT2D eigenvalue weighted by atomic mass is 10.2. The molecule has 8 nitrogen and oxygen atoms in total. The fourth-order valence-electron chi connectivity index (χ4n) is 2.42. The molecule has 142 valence electrons. The number of hydrogen-bond acceptors (Lipinski definition) is 7. The van der Waals surface area contributed by atoms with E-state index in [1.165, 1.54) is 26.6 Å². The fourth-order valence-corrected chi connectivity index (χ4v) is 2.42. The van der Waals surface area contributed by atoms with Crippen LogP contribution in [0.15, 0.2) is 60.9 Å². The molecule has 1 aromatic heterocycles. The van der Waals surface area contributed by atoms with Crippen LogP contribution in [0.4, 0.5) is 17.3 Å². The minimum atomic E-state index is -0.437. The van der Waals surface area contributed by atoms with Crippen LogP contribution in [0, 0.1) is 0 Å². The second-order valence-corrected chi connectivity index (χ2v) is 5.65. The molecule has 0 saturated heterocycles. The van der Waals surface area contributed by atoms with E-state index in [0.717, 1.165) is 0 Å². The number of amides is 1. The molecule has 2 aromatic carbocycles. The highest BCUT2D eigenvalue weighted by Gasteiger charge is 2.11. The molecule has 0 saturated carbocycles. The predicted molar refractivity (Wildman–Crippen MR) is 104 cm³/mol. The van der Waals surface area contributed by atoms with Gasteiger partial charge in [0.05, 0.1) is 31.0 Å². The Balaban J connectivity index is 1.70. The number of ether oxygens (including phenoxy) is 2. The summed E-state index contributed by atoms with van der Waals surface area (Å²) >= 11 is 0. The molecule has 8 heteroatoms. The first-order chi connectivity index (χ1) is 13.6. The molecule has 0 unspecified atom stereocenters. The Kier molecular flexibility index (Phi) is 5.81. The molecule has 0 fully saturated rings. The number of hydrogen-bond donors (Lipinski definition) is 2. The van der Waals surface area contributed by atoms with Crippen molar-refractivity contribution in [3.63, 3.8) is 0 Å². The molecule has 1 amide bonds. The molecule has 2 N–H and O–H groups in total. The van der Waals surface area contributed by atoms with Crippen molar-refractivity contribution in [3.05, 3.63) is 72.1 Å². The number of benzene rings is 2. The van der Waals surface area contributed by atoms with E-state index >= 15 is 0 Å². The van der Waals surface area contributed by atoms with Crippen molar-refractivity contribution in [3.8, 4) is 5.75 Å². The number of nitrogens with zero attached hydrogens (tertiary/aromatic N) is 2. The maximum absolute atomic E-state index is 12.4. The van der Waals surface area contributed by atoms with Crippen molar-refractivity contribution in [1.29, 1.82) is 0 Å². The van der Waals surface area contributed by atoms with Crippen LogP contribution in [0.2, 0.25) is 0 Å². The molecule has 0 aliphatic heterocycles. The summed E-state index contributed by atoms with van der Waals surface area (Å²) in [5, 5.41) is 5.73. The fraction of sp³-hybridized carbons (Fsp3) is 0.100. The van der Waals surface area contributed by atoms with Crippen molar-refractivity contribution in [2.45, 2.75) is 0 Å². The largest absolute Gasteiger partial charge is 0.495 e. The van der Waals surface area contributed by atoms with E-state index in [2.05, 4.69) is 20.6 Å². The highest BCUT2D eigenvalue weighted by atomic mass is 16.5. The van der Waals surface area contributed by atoms with Gasteiger partial charge in [0.15, 0.2) is 0 Å². The van der Waals surface area contributed by atoms with Gasteiger partial charge in [-0.15, -0.1) is 0 Å². The molecule has 3 rings (SSSR count). The SMILES string of the molecule is COC(=O)c1cccc(Nc2ncc(C(=O)Nc3ccccc3OC)cn2)c1. The first kappa shape index (κ1) is 18.8. The van der Waals surface area contributed by atoms with Gasteiger partial charge < -0.3 is 20.1 Å². The molecule has 0 radical (unpaired) electrons. The van der Waals surface area contributed by atoms with Crippen LogP contribution in [0.1, 0.15) is 20.7 Å². The summed E-state index contributed by atoms with van der Waals surface area (Å²) in [6.45, 7) is 0. The first-order valence-corrected chi connectivity index (χ1v) is 8.32. The maximum Gasteiger partial charge on any atom is 0.337 e. The van der Waals surface area contributed by atoms with Gasteiger partial charge in [0.1, 0.15) is 5.75 Å². The van der Waals surface area contributed by atoms with Crippen LogP contribution in [0.3, 0.4) is 0 Å². The number of rotatable bonds is 6. The molecule has 0 spiro atoms. The lowest BCUT2D eigenvalue weighted by molar-refractivity contribution is 0.0600. The van der Waals surface area contributed by atoms with E-state index in [-0.39, 0.29) is 11.9 Å². The zero-order chi connectivity index (χ0) is 19.9. The Morgan fingerprint density at radius 1 is 0.929 bits per heavy atom. The summed E-state index contributed by atoms with van der Waals surface area (Å²) in [6, 6.07) is 13.8. The minimum absolute atomic E-state index is 0.288. The van der Waals surface area contributed by atoms with Crippen molar-refractivity contribution in [2.24, 2.45) is 0 Å². The van der Waals surface area contributed by atoms with Crippen LogP contribution in [-0.2, 0) is 4.74 Å². The highest BCUT2D eigenvalue weighted by Crippen LogP contribution is 2.23. The number of carbonyl (C=O) groups excluding carboxylic acids is 2. The molecule has 0 bridgehead atoms. The maximum atomic E-state index is 12.4. The number of anilines is 3. The van der Waals surface area contributed by atoms with Crippen molar-refractivity contribution in [1.82, 2.24) is 9.97 Å². The van der Waals surface area contributed by atoms with Gasteiger partial charge in [-0.25, -0.2) is 14.8 Å². The Hall–Kier alpha value is -3.94. The summed E-state index contributed by atoms with van der Waals surface area (Å²) in [6.07, 6.45) is 2.81. The third-order valence-corrected chi connectivity index (χ3v) is 3.81. The Bertz CT molecular complexity index is 990. The number of carbonyl (C=O) groups is 2. The average Bonchev–Trinajstić information content (AvgIpc) is 2.74. The van der Waals surface area contributed by atoms with Crippen LogP contribution in [-0.4, -0.2) is 36.1 Å². The standard InChI is InChI=1S/C20H18N4O4/c1-27-17-9-4-3-8-16(17)24-18(25)14-11-21-20(22-12-14)23-15-7-5-6-13(10-15)19(26)28-2/h3-12H,1-2H3,(H,24,25)(H,21,22,23). The van der Waals surface area contributed by atoms with Gasteiger partial charge in [-0.1, -0.05) is 18.2 Å². The van der Waals surface area contributed by atoms with Gasteiger partial charge in [-0.3, -0.25) is 4.79 Å². The molecule has 3 aromatic rings. The molecule has 28 heavy (non-hydrogen) atoms. The van der Waals surface area contributed by atoms with E-state index in [4.69, 9.17) is 9.47 Å². The van der Waals surface area contributed by atoms with Crippen LogP contribution >= 0.6 is 0 Å². The van der Waals surface area contributed by atoms with Crippen molar-refractivity contribution >= 4 is 29.2 Å². The van der Waals surface area contributed by atoms with Crippen LogP contribution < -0.4 is 15.4 Å². The Morgan fingerprint density at radius 3 is 2.39 bits per heavy atom. The zero-order valence-corrected chi connectivity index (χ0v) is 15.3. The third kappa shape index (κ3) is 4.42. The number of aromatic nitrogens is 2. The van der Waals surface area contributed by atoms with E-state index in [1.54, 1.807) is 42.5 Å². The summed E-state index contributed by atoms with van der Waals surface area (Å²) in [5.74, 6) is 0.0491. The Labute approximate surface area is 161 Å². The van der Waals surface area contributed by atoms with Crippen LogP contribution in [0.5, 0.6) is 5.75 Å². The average molecular weight is 378 g/mol. The highest BCUT2D eigenvalue weighted by molar-refractivity contribution is 6.04. The number of esters is 1. The van der Waals surface area contributed by atoms with E-state index in [1.807, 2.05) is 6.07 Å². The number of para-hydroxylation sites is 2. The molecule has 0 aliphatic carbocycles. The van der Waals surface area contributed by atoms with E-state index in [0.29, 0.717) is 28.3 Å². The third-order valence-electron chi connectivity index (χ3n) is 3.81. The van der Waals surface area contributed by atoms with Gasteiger partial charge in [-0.05, 0) is 30.3 Å². The summed E-state index contributed by atoms with van der Waals surface area (Å²) in [5.41, 5.74) is 1.87. The number of methoxy groups -OCH3 is 2. The smallest absolute Gasteiger partial charge is 0.337 e. The van der Waals surface area contributed by atoms with Gasteiger partial charge in [-0.2, -0.15) is 0 Å². The molecule has 1 heterocycles. The molecule has 0 atom stereocenters. The van der Waals surface area contributed by atoms with Gasteiger partial charge in [0.25, 0.3) is 5.91 Å². The van der Waals surface area contributed by atoms with Crippen LogP contribution in [0.25, 0.3) is 0 Å². The first-order valence-electron chi connectivity index (χ1n) is 8.32. The second-order valence-electron chi connectivity index (χ2n) is 5.65. The van der Waals surface area contributed by atoms with Gasteiger partial charge in [0.2, 0.25) is 5.95 Å². The van der Waals surface area contributed by atoms with E-state index in [9.17, 15) is 9.59 Å². The van der Waals surface area contributed by atoms with Gasteiger partial charge in [0, 0.05) is 18.1 Å². The summed E-state index contributed by atoms with van der Waals surface area (Å²) < 4.78 is 9.91. The predicted octanol–water partition coefficient (Wildman–Crippen LogP) is 3.27. The van der Waals surface area contributed by atoms with E-state index < -0.39 is 5.97 Å². The minimum Gasteiger partial charge on any atom is -0.495 e. The molecular formula is C20H18N4O4. The molecular weight excluding hydrogens is 360 g/mol. The quantitative estimate of drug-likeness (QED) is 0.635. The molecule has 0 aliphatic rings. The lowest BCUT2D eigenvalue weighted by Gasteiger charge is -2.10. The van der Waals surface area contributed by atoms with Crippen molar-refractivity contribution < 1.29 is 19.1 Å². The monoisotopic (exact) mass is 378 g/mol. The zero-order valence-electron chi connectivity index (χ0n) is 15.3. The summed E-state index contributed by atoms with van der Waals surface area (Å²) in [7, 11) is 2.85. The topological polar surface area (TPSA) is 102 Å².